The van der Waals surface area contributed by atoms with Crippen molar-refractivity contribution in [2.75, 3.05) is 12.0 Å². The van der Waals surface area contributed by atoms with Gasteiger partial charge in [-0.1, -0.05) is 89.8 Å². The third-order valence-corrected chi connectivity index (χ3v) is 11.4. The Morgan fingerprint density at radius 3 is 2.45 bits per heavy atom. The number of carbonyl (C=O) groups excluding carboxylic acids is 2. The number of ketones is 1. The second kappa shape index (κ2) is 14.6. The third kappa shape index (κ3) is 6.82. The quantitative estimate of drug-likeness (QED) is 0.0461. The number of amides is 1. The first kappa shape index (κ1) is 34.3. The van der Waals surface area contributed by atoms with Crippen LogP contribution in [0.2, 0.25) is 0 Å². The minimum Gasteiger partial charge on any atom is -0.507 e. The van der Waals surface area contributed by atoms with Gasteiger partial charge in [0.05, 0.1) is 23.2 Å². The summed E-state index contributed by atoms with van der Waals surface area (Å²) in [4.78, 5) is 28.9. The molecule has 2 N–H and O–H groups in total. The normalized spacial score (nSPS) is 15.4. The predicted molar refractivity (Wildman–Crippen MR) is 203 cm³/mol. The molecule has 1 aliphatic rings. The van der Waals surface area contributed by atoms with Crippen LogP contribution < -0.4 is 14.4 Å². The molecule has 9 nitrogen and oxygen atoms in total. The van der Waals surface area contributed by atoms with E-state index in [0.29, 0.717) is 33.6 Å². The van der Waals surface area contributed by atoms with E-state index in [1.807, 2.05) is 49.4 Å². The summed E-state index contributed by atoms with van der Waals surface area (Å²) in [6.07, 6.45) is 0. The van der Waals surface area contributed by atoms with E-state index < -0.39 is 17.7 Å². The number of aliphatic hydroxyl groups excluding tert-OH is 1. The molecule has 1 amide bonds. The molecule has 6 aromatic rings. The fraction of sp³-hybridized carbons (Fsp3) is 0.128. The number of rotatable bonds is 10. The zero-order chi connectivity index (χ0) is 35.6. The highest BCUT2D eigenvalue weighted by Gasteiger charge is 2.48. The number of nitrogens with zero attached hydrogens (tertiary/aromatic N) is 3. The van der Waals surface area contributed by atoms with E-state index in [-0.39, 0.29) is 32.4 Å². The maximum Gasteiger partial charge on any atom is 0.301 e. The second-order valence-corrected chi connectivity index (χ2v) is 14.8. The number of halogens is 1. The Morgan fingerprint density at radius 1 is 0.941 bits per heavy atom. The highest BCUT2D eigenvalue weighted by molar-refractivity contribution is 9.10. The van der Waals surface area contributed by atoms with Gasteiger partial charge >= 0.3 is 5.91 Å². The van der Waals surface area contributed by atoms with Crippen molar-refractivity contribution in [3.05, 3.63) is 141 Å². The molecular weight excluding hydrogens is 750 g/mol. The summed E-state index contributed by atoms with van der Waals surface area (Å²) in [5.41, 5.74) is 3.85. The van der Waals surface area contributed by atoms with Crippen molar-refractivity contribution < 1.29 is 29.3 Å². The Hall–Kier alpha value is -5.17. The van der Waals surface area contributed by atoms with Crippen molar-refractivity contribution in [3.8, 4) is 17.2 Å². The third-order valence-electron chi connectivity index (χ3n) is 8.65. The number of phenols is 1. The number of aliphatic hydroxyl groups is 1. The van der Waals surface area contributed by atoms with Crippen molar-refractivity contribution in [2.24, 2.45) is 0 Å². The molecule has 1 aromatic heterocycles. The molecule has 0 saturated carbocycles. The first-order valence-corrected chi connectivity index (χ1v) is 18.4. The average Bonchev–Trinajstić information content (AvgIpc) is 3.72. The predicted octanol–water partition coefficient (Wildman–Crippen LogP) is 8.97. The Balaban J connectivity index is 1.22. The van der Waals surface area contributed by atoms with Gasteiger partial charge in [0, 0.05) is 11.3 Å². The topological polar surface area (TPSA) is 122 Å². The van der Waals surface area contributed by atoms with Gasteiger partial charge in [0.1, 0.15) is 18.1 Å². The minimum absolute atomic E-state index is 0.115. The van der Waals surface area contributed by atoms with Gasteiger partial charge in [-0.2, -0.15) is 0 Å². The number of hydrogen-bond donors (Lipinski definition) is 2. The lowest BCUT2D eigenvalue weighted by molar-refractivity contribution is -0.132. The molecule has 256 valence electrons. The first-order valence-electron chi connectivity index (χ1n) is 15.8. The van der Waals surface area contributed by atoms with Crippen molar-refractivity contribution in [3.63, 3.8) is 0 Å². The molecule has 51 heavy (non-hydrogen) atoms. The van der Waals surface area contributed by atoms with Crippen LogP contribution in [-0.4, -0.2) is 39.2 Å². The molecule has 0 spiro atoms. The standard InChI is InChI=1S/C39H30BrN3O6S2/c1-22-8-3-4-10-25(22)20-49-28-16-14-24(15-17-28)34(44)32-33(27-18-30(40)35(45)31(19-27)48-2)43(37(47)36(32)46)38-41-42-39(51-38)50-21-26-12-7-11-23-9-5-6-13-29(23)26/h3-19,33,44-45H,20-21H2,1-2H3. The van der Waals surface area contributed by atoms with Crippen LogP contribution in [0.3, 0.4) is 0 Å². The van der Waals surface area contributed by atoms with Gasteiger partial charge in [-0.25, -0.2) is 0 Å². The largest absolute Gasteiger partial charge is 0.507 e. The number of ether oxygens (including phenoxy) is 2. The number of phenolic OH excluding ortho intramolecular Hbond substituents is 1. The number of benzene rings is 5. The second-order valence-electron chi connectivity index (χ2n) is 11.7. The summed E-state index contributed by atoms with van der Waals surface area (Å²) < 4.78 is 12.2. The molecular formula is C39H30BrN3O6S2. The van der Waals surface area contributed by atoms with Gasteiger partial charge in [-0.15, -0.1) is 10.2 Å². The minimum atomic E-state index is -1.11. The van der Waals surface area contributed by atoms with Gasteiger partial charge < -0.3 is 19.7 Å². The van der Waals surface area contributed by atoms with Gasteiger partial charge in [-0.3, -0.25) is 14.5 Å². The number of aromatic nitrogens is 2. The van der Waals surface area contributed by atoms with Crippen LogP contribution in [0.1, 0.15) is 33.9 Å². The van der Waals surface area contributed by atoms with E-state index in [9.17, 15) is 19.8 Å². The monoisotopic (exact) mass is 779 g/mol. The van der Waals surface area contributed by atoms with E-state index in [1.54, 1.807) is 30.3 Å². The fourth-order valence-corrected chi connectivity index (χ4v) is 8.30. The molecule has 1 saturated heterocycles. The summed E-state index contributed by atoms with van der Waals surface area (Å²) >= 11 is 6.01. The Morgan fingerprint density at radius 2 is 1.67 bits per heavy atom. The van der Waals surface area contributed by atoms with E-state index in [4.69, 9.17) is 9.47 Å². The lowest BCUT2D eigenvalue weighted by Gasteiger charge is -2.23. The molecule has 1 atom stereocenters. The number of anilines is 1. The van der Waals surface area contributed by atoms with Crippen molar-refractivity contribution in [1.82, 2.24) is 10.2 Å². The molecule has 7 rings (SSSR count). The first-order chi connectivity index (χ1) is 24.7. The molecule has 1 aliphatic heterocycles. The number of carbonyl (C=O) groups is 2. The van der Waals surface area contributed by atoms with Crippen LogP contribution >= 0.6 is 39.0 Å². The molecule has 12 heteroatoms. The van der Waals surface area contributed by atoms with Crippen LogP contribution in [0.5, 0.6) is 17.2 Å². The lowest BCUT2D eigenvalue weighted by atomic mass is 9.95. The molecule has 1 unspecified atom stereocenters. The SMILES string of the molecule is COc1cc(C2C(=C(O)c3ccc(OCc4ccccc4C)cc3)C(=O)C(=O)N2c2nnc(SCc3cccc4ccccc34)s2)cc(Br)c1O. The van der Waals surface area contributed by atoms with Crippen LogP contribution in [0.15, 0.2) is 118 Å². The molecule has 0 bridgehead atoms. The smallest absolute Gasteiger partial charge is 0.301 e. The van der Waals surface area contributed by atoms with Gasteiger partial charge in [-0.05, 0) is 92.3 Å². The number of aryl methyl sites for hydroxylation is 1. The summed E-state index contributed by atoms with van der Waals surface area (Å²) in [5.74, 6) is -0.979. The molecule has 1 fully saturated rings. The highest BCUT2D eigenvalue weighted by atomic mass is 79.9. The molecule has 0 radical (unpaired) electrons. The van der Waals surface area contributed by atoms with Crippen LogP contribution in [0.25, 0.3) is 16.5 Å². The number of hydrogen-bond acceptors (Lipinski definition) is 10. The van der Waals surface area contributed by atoms with Crippen molar-refractivity contribution in [2.45, 2.75) is 29.7 Å². The molecule has 0 aliphatic carbocycles. The van der Waals surface area contributed by atoms with Crippen LogP contribution in [-0.2, 0) is 21.9 Å². The van der Waals surface area contributed by atoms with Crippen molar-refractivity contribution in [1.29, 1.82) is 0 Å². The number of fused-ring (bicyclic) bond motifs is 1. The van der Waals surface area contributed by atoms with Gasteiger partial charge in [0.2, 0.25) is 5.13 Å². The number of Topliss-reactive ketones (excluding diaryl/α,β-unsaturated/α-hetero) is 1. The highest BCUT2D eigenvalue weighted by Crippen LogP contribution is 2.47. The van der Waals surface area contributed by atoms with Gasteiger partial charge in [0.25, 0.3) is 5.78 Å². The summed E-state index contributed by atoms with van der Waals surface area (Å²) in [5, 5.41) is 33.4. The zero-order valence-electron chi connectivity index (χ0n) is 27.4. The summed E-state index contributed by atoms with van der Waals surface area (Å²) in [6.45, 7) is 2.38. The molecule has 2 heterocycles. The zero-order valence-corrected chi connectivity index (χ0v) is 30.6. The number of thioether (sulfide) groups is 1. The van der Waals surface area contributed by atoms with Crippen LogP contribution in [0.4, 0.5) is 5.13 Å². The summed E-state index contributed by atoms with van der Waals surface area (Å²) in [7, 11) is 1.40. The van der Waals surface area contributed by atoms with E-state index in [0.717, 1.165) is 27.5 Å². The van der Waals surface area contributed by atoms with E-state index in [1.165, 1.54) is 41.2 Å². The Bertz CT molecular complexity index is 2320. The molecule has 5 aromatic carbocycles. The lowest BCUT2D eigenvalue weighted by Crippen LogP contribution is -2.29. The van der Waals surface area contributed by atoms with Crippen LogP contribution in [0, 0.1) is 6.92 Å². The van der Waals surface area contributed by atoms with E-state index >= 15 is 0 Å². The average molecular weight is 781 g/mol. The van der Waals surface area contributed by atoms with Gasteiger partial charge in [0.15, 0.2) is 15.8 Å². The van der Waals surface area contributed by atoms with E-state index in [2.05, 4.69) is 50.4 Å². The summed E-state index contributed by atoms with van der Waals surface area (Å²) in [6, 6.07) is 30.9. The fourth-order valence-electron chi connectivity index (χ4n) is 5.97. The number of methoxy groups -OCH3 is 1. The Kier molecular flexibility index (Phi) is 9.81. The maximum atomic E-state index is 13.8. The number of aromatic hydroxyl groups is 1. The maximum absolute atomic E-state index is 13.8. The van der Waals surface area contributed by atoms with Crippen molar-refractivity contribution >= 4 is 72.4 Å². The Labute approximate surface area is 310 Å².